The van der Waals surface area contributed by atoms with Crippen molar-refractivity contribution in [2.45, 2.75) is 38.9 Å². The van der Waals surface area contributed by atoms with E-state index in [1.54, 1.807) is 0 Å². The van der Waals surface area contributed by atoms with Crippen molar-refractivity contribution >= 4 is 34.1 Å². The van der Waals surface area contributed by atoms with Gasteiger partial charge in [-0.3, -0.25) is 0 Å². The molecule has 4 aromatic rings. The van der Waals surface area contributed by atoms with Gasteiger partial charge >= 0.3 is 7.12 Å². The van der Waals surface area contributed by atoms with E-state index in [2.05, 4.69) is 107 Å². The van der Waals surface area contributed by atoms with Crippen molar-refractivity contribution in [3.63, 3.8) is 0 Å². The van der Waals surface area contributed by atoms with Crippen molar-refractivity contribution in [3.05, 3.63) is 78.9 Å². The van der Waals surface area contributed by atoms with Crippen LogP contribution >= 0.6 is 0 Å². The second-order valence-electron chi connectivity index (χ2n) is 8.98. The topological polar surface area (TPSA) is 22.0 Å². The second kappa shape index (κ2) is 6.45. The van der Waals surface area contributed by atoms with Crippen LogP contribution in [-0.2, 0) is 4.65 Å². The lowest BCUT2D eigenvalue weighted by Crippen LogP contribution is -2.43. The molecule has 0 bridgehead atoms. The van der Waals surface area contributed by atoms with E-state index >= 15 is 0 Å². The van der Waals surface area contributed by atoms with Gasteiger partial charge in [0.25, 0.3) is 0 Å². The Kier molecular flexibility index (Phi) is 4.09. The third kappa shape index (κ3) is 2.97. The van der Waals surface area contributed by atoms with Gasteiger partial charge in [-0.2, -0.15) is 0 Å². The Morgan fingerprint density at radius 2 is 1.34 bits per heavy atom. The molecule has 3 heteroatoms. The average Bonchev–Trinajstić information content (AvgIpc) is 2.95. The van der Waals surface area contributed by atoms with Crippen LogP contribution in [0.5, 0.6) is 0 Å². The summed E-state index contributed by atoms with van der Waals surface area (Å²) >= 11 is 0. The molecule has 1 fully saturated rings. The molecule has 1 N–H and O–H groups in total. The lowest BCUT2D eigenvalue weighted by atomic mass is 9.78. The Labute approximate surface area is 172 Å². The van der Waals surface area contributed by atoms with Gasteiger partial charge in [0.2, 0.25) is 0 Å². The lowest BCUT2D eigenvalue weighted by molar-refractivity contribution is -0.0705. The Morgan fingerprint density at radius 3 is 2.00 bits per heavy atom. The quantitative estimate of drug-likeness (QED) is 0.256. The maximum atomic E-state index is 6.26. The normalized spacial score (nSPS) is 17.9. The zero-order valence-electron chi connectivity index (χ0n) is 17.4. The van der Waals surface area contributed by atoms with E-state index in [9.17, 15) is 0 Å². The van der Waals surface area contributed by atoms with Crippen LogP contribution < -0.4 is 5.46 Å². The Bertz CT molecular complexity index is 1190. The van der Waals surface area contributed by atoms with E-state index < -0.39 is 0 Å². The monoisotopic (exact) mass is 381 g/mol. The summed E-state index contributed by atoms with van der Waals surface area (Å²) in [6.45, 7) is 8.52. The summed E-state index contributed by atoms with van der Waals surface area (Å²) < 4.78 is 11.2. The van der Waals surface area contributed by atoms with Gasteiger partial charge in [-0.25, -0.2) is 0 Å². The molecule has 144 valence electrons. The molecule has 1 saturated heterocycles. The van der Waals surface area contributed by atoms with Crippen molar-refractivity contribution in [2.24, 2.45) is 0 Å². The fraction of sp³-hybridized carbons (Fsp3) is 0.231. The van der Waals surface area contributed by atoms with Crippen molar-refractivity contribution in [2.75, 3.05) is 0 Å². The molecule has 1 aliphatic heterocycles. The van der Waals surface area contributed by atoms with Crippen LogP contribution in [-0.4, -0.2) is 23.0 Å². The smallest absolute Gasteiger partial charge is 0.505 e. The van der Waals surface area contributed by atoms with Gasteiger partial charge in [0.05, 0.1) is 0 Å². The molecule has 0 unspecified atom stereocenters. The average molecular weight is 381 g/mol. The van der Waals surface area contributed by atoms with Gasteiger partial charge in [-0.15, -0.1) is 0 Å². The van der Waals surface area contributed by atoms with Crippen molar-refractivity contribution in [3.8, 4) is 11.1 Å². The summed E-state index contributed by atoms with van der Waals surface area (Å²) in [5.41, 5.74) is 3.11. The highest BCUT2D eigenvalue weighted by Crippen LogP contribution is 2.36. The first-order valence-corrected chi connectivity index (χ1v) is 10.3. The van der Waals surface area contributed by atoms with Gasteiger partial charge in [0.15, 0.2) is 5.60 Å². The molecule has 2 nitrogen and oxygen atoms in total. The van der Waals surface area contributed by atoms with E-state index in [4.69, 9.17) is 9.31 Å². The summed E-state index contributed by atoms with van der Waals surface area (Å²) in [6.07, 6.45) is 0. The van der Waals surface area contributed by atoms with Crippen LogP contribution in [0.3, 0.4) is 0 Å². The molecule has 0 radical (unpaired) electrons. The van der Waals surface area contributed by atoms with Crippen molar-refractivity contribution in [1.82, 2.24) is 0 Å². The van der Waals surface area contributed by atoms with E-state index in [-0.39, 0.29) is 18.3 Å². The van der Waals surface area contributed by atoms with Crippen LogP contribution in [0.25, 0.3) is 32.7 Å². The SMILES string of the molecule is CC1(C)OB(c2ccc(-c3cc4ccccc4c4ccccc34)cc2)[OH+]C1(C)C. The maximum Gasteiger partial charge on any atom is 0.732 e. The molecule has 0 saturated carbocycles. The summed E-state index contributed by atoms with van der Waals surface area (Å²) in [5.74, 6) is 0. The molecular formula is C26H26BO2+. The summed E-state index contributed by atoms with van der Waals surface area (Å²) in [4.78, 5) is 0. The van der Waals surface area contributed by atoms with Crippen molar-refractivity contribution < 1.29 is 9.31 Å². The zero-order valence-corrected chi connectivity index (χ0v) is 17.4. The predicted molar refractivity (Wildman–Crippen MR) is 124 cm³/mol. The molecule has 4 aromatic carbocycles. The first-order valence-electron chi connectivity index (χ1n) is 10.3. The van der Waals surface area contributed by atoms with Crippen LogP contribution in [0, 0.1) is 0 Å². The highest BCUT2D eigenvalue weighted by atomic mass is 16.7. The Hall–Kier alpha value is -2.62. The number of rotatable bonds is 2. The lowest BCUT2D eigenvalue weighted by Gasteiger charge is -2.28. The molecule has 29 heavy (non-hydrogen) atoms. The van der Waals surface area contributed by atoms with Crippen LogP contribution in [0.15, 0.2) is 78.9 Å². The molecule has 0 aromatic heterocycles. The van der Waals surface area contributed by atoms with Gasteiger partial charge < -0.3 is 9.31 Å². The van der Waals surface area contributed by atoms with E-state index in [0.717, 1.165) is 5.46 Å². The molecule has 5 rings (SSSR count). The van der Waals surface area contributed by atoms with Crippen LogP contribution in [0.2, 0.25) is 0 Å². The highest BCUT2D eigenvalue weighted by Gasteiger charge is 2.59. The van der Waals surface area contributed by atoms with E-state index in [1.807, 2.05) is 0 Å². The molecule has 0 aliphatic carbocycles. The number of aliphatic hydroxyl groups is 1. The predicted octanol–water partition coefficient (Wildman–Crippen LogP) is 5.47. The van der Waals surface area contributed by atoms with Gasteiger partial charge in [0, 0.05) is 19.3 Å². The molecule has 1 heterocycles. The largest absolute Gasteiger partial charge is 0.732 e. The number of benzene rings is 4. The van der Waals surface area contributed by atoms with Gasteiger partial charge in [0.1, 0.15) is 5.60 Å². The summed E-state index contributed by atoms with van der Waals surface area (Å²) in [6, 6.07) is 28.3. The maximum absolute atomic E-state index is 6.26. The molecular weight excluding hydrogens is 355 g/mol. The molecule has 0 atom stereocenters. The second-order valence-corrected chi connectivity index (χ2v) is 8.98. The van der Waals surface area contributed by atoms with Gasteiger partial charge in [-0.1, -0.05) is 72.8 Å². The number of hydrogen-bond donors (Lipinski definition) is 0. The standard InChI is InChI=1S/C26H25BO2/c1-25(2)26(3,4)29-27(28-25)20-15-13-18(14-16-20)24-17-19-9-5-6-10-21(19)22-11-7-8-12-23(22)24/h5-17H,1-4H3/p+1. The van der Waals surface area contributed by atoms with Crippen molar-refractivity contribution in [1.29, 1.82) is 0 Å². The number of fused-ring (bicyclic) bond motifs is 3. The minimum absolute atomic E-state index is 0.203. The van der Waals surface area contributed by atoms with E-state index in [0.29, 0.717) is 0 Å². The first kappa shape index (κ1) is 18.4. The number of hydrogen-bond acceptors (Lipinski definition) is 1. The first-order chi connectivity index (χ1) is 13.9. The fourth-order valence-corrected chi connectivity index (χ4v) is 4.16. The van der Waals surface area contributed by atoms with Gasteiger partial charge in [-0.05, 0) is 52.6 Å². The summed E-state index contributed by atoms with van der Waals surface area (Å²) in [5, 5.41) is 5.14. The highest BCUT2D eigenvalue weighted by molar-refractivity contribution is 6.61. The zero-order chi connectivity index (χ0) is 20.2. The minimum atomic E-state index is -0.273. The minimum Gasteiger partial charge on any atom is -0.505 e. The molecule has 0 amide bonds. The van der Waals surface area contributed by atoms with Crippen LogP contribution in [0.1, 0.15) is 27.7 Å². The Morgan fingerprint density at radius 1 is 0.724 bits per heavy atom. The third-order valence-corrected chi connectivity index (χ3v) is 6.59. The third-order valence-electron chi connectivity index (χ3n) is 6.59. The molecule has 1 aliphatic rings. The Balaban J connectivity index is 1.58. The van der Waals surface area contributed by atoms with Crippen LogP contribution in [0.4, 0.5) is 0 Å². The molecule has 0 spiro atoms. The summed E-state index contributed by atoms with van der Waals surface area (Å²) in [7, 11) is -0.206. The van der Waals surface area contributed by atoms with E-state index in [1.165, 1.54) is 32.7 Å². The fourth-order valence-electron chi connectivity index (χ4n) is 4.16.